The second kappa shape index (κ2) is 5.88. The molecule has 2 fully saturated rings. The summed E-state index contributed by atoms with van der Waals surface area (Å²) in [5, 5.41) is 4.33. The summed E-state index contributed by atoms with van der Waals surface area (Å²) in [4.78, 5) is 48.3. The molecule has 0 aromatic heterocycles. The van der Waals surface area contributed by atoms with Gasteiger partial charge in [0.2, 0.25) is 11.8 Å². The Balaban J connectivity index is 1.83. The van der Waals surface area contributed by atoms with Gasteiger partial charge in [0.1, 0.15) is 5.41 Å². The molecule has 4 amide bonds. The molecule has 0 radical (unpaired) electrons. The van der Waals surface area contributed by atoms with Crippen LogP contribution < -0.4 is 10.6 Å². The Hall–Kier alpha value is -2.02. The predicted octanol–water partition coefficient (Wildman–Crippen LogP) is 2.17. The van der Waals surface area contributed by atoms with E-state index >= 15 is 0 Å². The lowest BCUT2D eigenvalue weighted by atomic mass is 9.72. The fraction of sp³-hybridized carbons (Fsp3) is 0.375. The van der Waals surface area contributed by atoms with Crippen molar-refractivity contribution in [3.8, 4) is 0 Å². The van der Waals surface area contributed by atoms with E-state index in [9.17, 15) is 19.2 Å². The number of barbiturate groups is 1. The Morgan fingerprint density at radius 3 is 2.35 bits per heavy atom. The molecule has 0 bridgehead atoms. The van der Waals surface area contributed by atoms with Crippen molar-refractivity contribution in [3.63, 3.8) is 0 Å². The molecule has 7 heteroatoms. The van der Waals surface area contributed by atoms with Crippen molar-refractivity contribution in [2.75, 3.05) is 0 Å². The van der Waals surface area contributed by atoms with E-state index in [1.54, 1.807) is 24.3 Å². The number of Topliss-reactive ketones (excluding diaryl/α,β-unsaturated/α-hetero) is 1. The largest absolute Gasteiger partial charge is 0.328 e. The zero-order valence-corrected chi connectivity index (χ0v) is 13.8. The van der Waals surface area contributed by atoms with Gasteiger partial charge in [0.15, 0.2) is 5.78 Å². The minimum Gasteiger partial charge on any atom is -0.294 e. The summed E-state index contributed by atoms with van der Waals surface area (Å²) in [6.07, 6.45) is 1.75. The monoisotopic (exact) mass is 378 g/mol. The summed E-state index contributed by atoms with van der Waals surface area (Å²) >= 11 is 3.31. The Morgan fingerprint density at radius 2 is 1.74 bits per heavy atom. The maximum atomic E-state index is 12.5. The molecule has 2 N–H and O–H groups in total. The quantitative estimate of drug-likeness (QED) is 0.622. The van der Waals surface area contributed by atoms with E-state index in [0.29, 0.717) is 24.8 Å². The first kappa shape index (κ1) is 15.9. The van der Waals surface area contributed by atoms with Crippen LogP contribution in [-0.4, -0.2) is 23.6 Å². The molecule has 1 aliphatic carbocycles. The molecule has 0 unspecified atom stereocenters. The number of benzene rings is 1. The molecule has 6 nitrogen and oxygen atoms in total. The Kier molecular flexibility index (Phi) is 4.06. The Labute approximate surface area is 141 Å². The number of imide groups is 2. The molecule has 1 saturated carbocycles. The number of urea groups is 1. The highest BCUT2D eigenvalue weighted by molar-refractivity contribution is 9.10. The van der Waals surface area contributed by atoms with Crippen LogP contribution in [0.15, 0.2) is 28.7 Å². The fourth-order valence-corrected chi connectivity index (χ4v) is 3.76. The summed E-state index contributed by atoms with van der Waals surface area (Å²) < 4.78 is 0.871. The molecule has 1 spiro atoms. The van der Waals surface area contributed by atoms with Crippen molar-refractivity contribution < 1.29 is 19.2 Å². The maximum absolute atomic E-state index is 12.5. The first-order valence-corrected chi connectivity index (χ1v) is 8.18. The molecule has 1 atom stereocenters. The van der Waals surface area contributed by atoms with E-state index in [1.165, 1.54) is 0 Å². The van der Waals surface area contributed by atoms with Gasteiger partial charge in [0, 0.05) is 16.5 Å². The highest BCUT2D eigenvalue weighted by Gasteiger charge is 2.57. The zero-order valence-electron chi connectivity index (χ0n) is 12.2. The lowest BCUT2D eigenvalue weighted by molar-refractivity contribution is -0.146. The topological polar surface area (TPSA) is 92.3 Å². The fourth-order valence-electron chi connectivity index (χ4n) is 3.49. The highest BCUT2D eigenvalue weighted by atomic mass is 79.9. The van der Waals surface area contributed by atoms with Crippen LogP contribution in [0.4, 0.5) is 4.79 Å². The van der Waals surface area contributed by atoms with Gasteiger partial charge >= 0.3 is 6.03 Å². The lowest BCUT2D eigenvalue weighted by Crippen LogP contribution is -2.63. The number of amides is 4. The minimum atomic E-state index is -1.31. The molecule has 1 aromatic rings. The van der Waals surface area contributed by atoms with Crippen molar-refractivity contribution in [1.82, 2.24) is 10.6 Å². The van der Waals surface area contributed by atoms with E-state index in [-0.39, 0.29) is 12.2 Å². The van der Waals surface area contributed by atoms with Gasteiger partial charge < -0.3 is 0 Å². The van der Waals surface area contributed by atoms with Crippen molar-refractivity contribution in [1.29, 1.82) is 0 Å². The third kappa shape index (κ3) is 2.69. The number of carbonyl (C=O) groups is 4. The van der Waals surface area contributed by atoms with Crippen molar-refractivity contribution >= 4 is 39.6 Å². The number of rotatable bonds is 3. The molecule has 1 saturated heterocycles. The van der Waals surface area contributed by atoms with Crippen LogP contribution in [0.3, 0.4) is 0 Å². The number of hydrogen-bond acceptors (Lipinski definition) is 4. The van der Waals surface area contributed by atoms with E-state index in [2.05, 4.69) is 26.6 Å². The van der Waals surface area contributed by atoms with Gasteiger partial charge in [-0.3, -0.25) is 25.0 Å². The number of hydrogen-bond donors (Lipinski definition) is 2. The minimum absolute atomic E-state index is 0.108. The van der Waals surface area contributed by atoms with E-state index in [1.807, 2.05) is 0 Å². The molecule has 23 heavy (non-hydrogen) atoms. The van der Waals surface area contributed by atoms with Crippen LogP contribution in [-0.2, 0) is 9.59 Å². The second-order valence-corrected chi connectivity index (χ2v) is 6.85. The van der Waals surface area contributed by atoms with Crippen LogP contribution in [0, 0.1) is 11.3 Å². The van der Waals surface area contributed by atoms with Gasteiger partial charge in [-0.05, 0) is 30.9 Å². The van der Waals surface area contributed by atoms with Crippen LogP contribution in [0.1, 0.15) is 36.0 Å². The van der Waals surface area contributed by atoms with Crippen LogP contribution in [0.2, 0.25) is 0 Å². The second-order valence-electron chi connectivity index (χ2n) is 5.93. The first-order chi connectivity index (χ1) is 10.9. The van der Waals surface area contributed by atoms with Gasteiger partial charge in [-0.25, -0.2) is 4.79 Å². The summed E-state index contributed by atoms with van der Waals surface area (Å²) in [5.41, 5.74) is -0.762. The van der Waals surface area contributed by atoms with Gasteiger partial charge in [-0.2, -0.15) is 0 Å². The summed E-state index contributed by atoms with van der Waals surface area (Å²) in [7, 11) is 0. The number of halogens is 1. The summed E-state index contributed by atoms with van der Waals surface area (Å²) in [6, 6.07) is 6.17. The maximum Gasteiger partial charge on any atom is 0.328 e. The third-order valence-electron chi connectivity index (χ3n) is 4.68. The standard InChI is InChI=1S/C16H15BrN2O4/c17-11-5-3-9(4-6-11)12(20)8-10-2-1-7-16(10)13(21)18-15(23)19-14(16)22/h3-6,10H,1-2,7-8H2,(H2,18,19,21,22,23)/t10-/m0/s1. The van der Waals surface area contributed by atoms with Crippen molar-refractivity contribution in [2.45, 2.75) is 25.7 Å². The normalized spacial score (nSPS) is 22.8. The van der Waals surface area contributed by atoms with Crippen molar-refractivity contribution in [3.05, 3.63) is 34.3 Å². The molecular weight excluding hydrogens is 364 g/mol. The molecule has 120 valence electrons. The molecule has 2 aliphatic rings. The summed E-state index contributed by atoms with van der Waals surface area (Å²) in [6.45, 7) is 0. The Bertz CT molecular complexity index is 679. The van der Waals surface area contributed by atoms with E-state index < -0.39 is 29.2 Å². The zero-order chi connectivity index (χ0) is 16.6. The molecule has 3 rings (SSSR count). The number of ketones is 1. The van der Waals surface area contributed by atoms with Gasteiger partial charge in [0.25, 0.3) is 0 Å². The van der Waals surface area contributed by atoms with Gasteiger partial charge in [0.05, 0.1) is 0 Å². The predicted molar refractivity (Wildman–Crippen MR) is 84.5 cm³/mol. The molecular formula is C16H15BrN2O4. The van der Waals surface area contributed by atoms with Crippen LogP contribution >= 0.6 is 15.9 Å². The first-order valence-electron chi connectivity index (χ1n) is 7.39. The number of nitrogens with one attached hydrogen (secondary N) is 2. The smallest absolute Gasteiger partial charge is 0.294 e. The molecule has 1 heterocycles. The summed E-state index contributed by atoms with van der Waals surface area (Å²) in [5.74, 6) is -1.68. The SMILES string of the molecule is O=C1NC(=O)C2(CCC[C@H]2CC(=O)c2ccc(Br)cc2)C(=O)N1. The highest BCUT2D eigenvalue weighted by Crippen LogP contribution is 2.47. The third-order valence-corrected chi connectivity index (χ3v) is 5.21. The average molecular weight is 379 g/mol. The lowest BCUT2D eigenvalue weighted by Gasteiger charge is -2.35. The van der Waals surface area contributed by atoms with E-state index in [0.717, 1.165) is 4.47 Å². The van der Waals surface area contributed by atoms with Gasteiger partial charge in [-0.1, -0.05) is 34.5 Å². The molecule has 1 aromatic carbocycles. The molecule has 1 aliphatic heterocycles. The van der Waals surface area contributed by atoms with Crippen LogP contribution in [0.25, 0.3) is 0 Å². The Morgan fingerprint density at radius 1 is 1.13 bits per heavy atom. The van der Waals surface area contributed by atoms with Crippen LogP contribution in [0.5, 0.6) is 0 Å². The van der Waals surface area contributed by atoms with Gasteiger partial charge in [-0.15, -0.1) is 0 Å². The number of carbonyl (C=O) groups excluding carboxylic acids is 4. The average Bonchev–Trinajstić information content (AvgIpc) is 2.90. The van der Waals surface area contributed by atoms with E-state index in [4.69, 9.17) is 0 Å². The van der Waals surface area contributed by atoms with Crippen molar-refractivity contribution in [2.24, 2.45) is 11.3 Å².